The van der Waals surface area contributed by atoms with Crippen LogP contribution in [0.5, 0.6) is 5.75 Å². The fraction of sp³-hybridized carbons (Fsp3) is 0.200. The predicted molar refractivity (Wildman–Crippen MR) is 97.1 cm³/mol. The minimum atomic E-state index is -0.594. The molecule has 0 atom stereocenters. The van der Waals surface area contributed by atoms with E-state index in [4.69, 9.17) is 18.3 Å². The smallest absolute Gasteiger partial charge is 0.342 e. The fourth-order valence-corrected chi connectivity index (χ4v) is 3.28. The zero-order valence-corrected chi connectivity index (χ0v) is 14.7. The number of phenolic OH excluding ortho intramolecular Hbond substituents is 1. The largest absolute Gasteiger partial charge is 0.507 e. The number of ether oxygens (including phenoxy) is 2. The van der Waals surface area contributed by atoms with Crippen molar-refractivity contribution in [2.45, 2.75) is 13.8 Å². The first kappa shape index (κ1) is 17.0. The van der Waals surface area contributed by atoms with Crippen LogP contribution in [0.1, 0.15) is 34.6 Å². The number of carbonyl (C=O) groups excluding carboxylic acids is 2. The molecule has 2 heterocycles. The molecule has 0 radical (unpaired) electrons. The lowest BCUT2D eigenvalue weighted by Gasteiger charge is -2.06. The van der Waals surface area contributed by atoms with Gasteiger partial charge in [0.15, 0.2) is 0 Å². The van der Waals surface area contributed by atoms with E-state index < -0.39 is 11.9 Å². The normalized spacial score (nSPS) is 11.3. The Morgan fingerprint density at radius 2 is 1.44 bits per heavy atom. The van der Waals surface area contributed by atoms with Crippen LogP contribution >= 0.6 is 0 Å². The molecule has 7 nitrogen and oxygen atoms in total. The second kappa shape index (κ2) is 6.35. The van der Waals surface area contributed by atoms with Crippen LogP contribution in [-0.2, 0) is 9.47 Å². The van der Waals surface area contributed by atoms with Crippen LogP contribution in [0.4, 0.5) is 0 Å². The van der Waals surface area contributed by atoms with Crippen molar-refractivity contribution in [1.82, 2.24) is 0 Å². The van der Waals surface area contributed by atoms with Gasteiger partial charge in [-0.3, -0.25) is 0 Å². The number of rotatable bonds is 4. The van der Waals surface area contributed by atoms with Crippen LogP contribution in [0, 0.1) is 0 Å². The number of esters is 2. The van der Waals surface area contributed by atoms with Gasteiger partial charge < -0.3 is 23.4 Å². The third-order valence-corrected chi connectivity index (χ3v) is 4.34. The molecule has 4 aromatic rings. The van der Waals surface area contributed by atoms with Gasteiger partial charge in [-0.25, -0.2) is 9.59 Å². The SMILES string of the molecule is CCOC(=O)c1coc2c3cccc(O)c3c3occ(C(=O)OCC)c3c12. The molecule has 0 aliphatic heterocycles. The van der Waals surface area contributed by atoms with Gasteiger partial charge in [0.2, 0.25) is 0 Å². The molecular weight excluding hydrogens is 352 g/mol. The van der Waals surface area contributed by atoms with E-state index >= 15 is 0 Å². The molecule has 1 N–H and O–H groups in total. The van der Waals surface area contributed by atoms with Crippen LogP contribution in [0.2, 0.25) is 0 Å². The van der Waals surface area contributed by atoms with Gasteiger partial charge >= 0.3 is 11.9 Å². The molecule has 27 heavy (non-hydrogen) atoms. The van der Waals surface area contributed by atoms with Gasteiger partial charge in [-0.15, -0.1) is 0 Å². The predicted octanol–water partition coefficient (Wildman–Crippen LogP) is 4.39. The summed E-state index contributed by atoms with van der Waals surface area (Å²) in [5.41, 5.74) is 0.942. The van der Waals surface area contributed by atoms with Crippen molar-refractivity contribution >= 4 is 44.6 Å². The molecule has 2 aromatic heterocycles. The number of benzene rings is 2. The van der Waals surface area contributed by atoms with E-state index in [0.29, 0.717) is 27.1 Å². The highest BCUT2D eigenvalue weighted by Gasteiger charge is 2.27. The van der Waals surface area contributed by atoms with Crippen molar-refractivity contribution in [3.05, 3.63) is 41.9 Å². The maximum atomic E-state index is 12.4. The Labute approximate surface area is 153 Å². The van der Waals surface area contributed by atoms with Crippen molar-refractivity contribution in [3.8, 4) is 5.75 Å². The van der Waals surface area contributed by atoms with Crippen molar-refractivity contribution in [3.63, 3.8) is 0 Å². The van der Waals surface area contributed by atoms with E-state index in [1.165, 1.54) is 18.6 Å². The maximum Gasteiger partial charge on any atom is 0.342 e. The number of fused-ring (bicyclic) bond motifs is 6. The number of hydrogen-bond donors (Lipinski definition) is 1. The summed E-state index contributed by atoms with van der Waals surface area (Å²) >= 11 is 0. The van der Waals surface area contributed by atoms with E-state index in [9.17, 15) is 14.7 Å². The molecule has 0 spiro atoms. The average Bonchev–Trinajstić information content (AvgIpc) is 3.26. The van der Waals surface area contributed by atoms with E-state index in [0.717, 1.165) is 0 Å². The monoisotopic (exact) mass is 368 g/mol. The first-order chi connectivity index (χ1) is 13.1. The van der Waals surface area contributed by atoms with Gasteiger partial charge in [-0.05, 0) is 19.9 Å². The topological polar surface area (TPSA) is 99.1 Å². The van der Waals surface area contributed by atoms with Gasteiger partial charge in [0, 0.05) is 16.2 Å². The number of furan rings is 2. The van der Waals surface area contributed by atoms with E-state index in [1.54, 1.807) is 26.0 Å². The zero-order chi connectivity index (χ0) is 19.1. The van der Waals surface area contributed by atoms with Crippen molar-refractivity contribution in [2.75, 3.05) is 13.2 Å². The van der Waals surface area contributed by atoms with Gasteiger partial charge in [0.05, 0.1) is 18.6 Å². The number of carbonyl (C=O) groups is 2. The molecule has 2 aromatic carbocycles. The molecule has 7 heteroatoms. The van der Waals surface area contributed by atoms with E-state index in [2.05, 4.69) is 0 Å². The Balaban J connectivity index is 2.20. The summed E-state index contributed by atoms with van der Waals surface area (Å²) in [6.07, 6.45) is 2.55. The van der Waals surface area contributed by atoms with Crippen molar-refractivity contribution in [1.29, 1.82) is 0 Å². The van der Waals surface area contributed by atoms with E-state index in [-0.39, 0.29) is 35.7 Å². The molecule has 4 rings (SSSR count). The second-order valence-corrected chi connectivity index (χ2v) is 5.85. The molecule has 0 bridgehead atoms. The standard InChI is InChI=1S/C20H16O7/c1-3-24-19(22)11-8-26-17-10-6-5-7-13(21)14(10)18-16(15(11)17)12(9-27-18)20(23)25-4-2/h5-9,21H,3-4H2,1-2H3. The Hall–Kier alpha value is -3.48. The van der Waals surface area contributed by atoms with E-state index in [1.807, 2.05) is 0 Å². The molecule has 138 valence electrons. The lowest BCUT2D eigenvalue weighted by molar-refractivity contribution is 0.0516. The van der Waals surface area contributed by atoms with Gasteiger partial charge in [-0.2, -0.15) is 0 Å². The third kappa shape index (κ3) is 2.43. The lowest BCUT2D eigenvalue weighted by Crippen LogP contribution is -2.05. The Kier molecular flexibility index (Phi) is 3.99. The Bertz CT molecular complexity index is 1200. The van der Waals surface area contributed by atoms with Gasteiger partial charge in [0.25, 0.3) is 0 Å². The molecule has 0 fully saturated rings. The van der Waals surface area contributed by atoms with Gasteiger partial charge in [-0.1, -0.05) is 12.1 Å². The summed E-state index contributed by atoms with van der Waals surface area (Å²) < 4.78 is 21.5. The lowest BCUT2D eigenvalue weighted by atomic mass is 9.98. The van der Waals surface area contributed by atoms with Crippen LogP contribution in [-0.4, -0.2) is 30.3 Å². The Morgan fingerprint density at radius 1 is 0.889 bits per heavy atom. The zero-order valence-electron chi connectivity index (χ0n) is 14.7. The number of aromatic hydroxyl groups is 1. The maximum absolute atomic E-state index is 12.4. The highest BCUT2D eigenvalue weighted by atomic mass is 16.5. The molecule has 0 amide bonds. The molecular formula is C20H16O7. The minimum Gasteiger partial charge on any atom is -0.507 e. The number of phenols is 1. The van der Waals surface area contributed by atoms with Crippen LogP contribution in [0.25, 0.3) is 32.7 Å². The van der Waals surface area contributed by atoms with Crippen molar-refractivity contribution < 1.29 is 33.0 Å². The fourth-order valence-electron chi connectivity index (χ4n) is 3.28. The molecule has 0 aliphatic rings. The van der Waals surface area contributed by atoms with Crippen LogP contribution in [0.3, 0.4) is 0 Å². The van der Waals surface area contributed by atoms with Crippen molar-refractivity contribution in [2.24, 2.45) is 0 Å². The summed E-state index contributed by atoms with van der Waals surface area (Å²) in [6.45, 7) is 3.77. The molecule has 0 saturated heterocycles. The molecule has 0 unspecified atom stereocenters. The minimum absolute atomic E-state index is 0.0294. The quantitative estimate of drug-likeness (QED) is 0.533. The molecule has 0 aliphatic carbocycles. The summed E-state index contributed by atoms with van der Waals surface area (Å²) in [5.74, 6) is -1.20. The van der Waals surface area contributed by atoms with Crippen LogP contribution in [0.15, 0.2) is 39.6 Å². The average molecular weight is 368 g/mol. The number of hydrogen-bond acceptors (Lipinski definition) is 7. The third-order valence-electron chi connectivity index (χ3n) is 4.34. The van der Waals surface area contributed by atoms with Gasteiger partial charge in [0.1, 0.15) is 40.6 Å². The van der Waals surface area contributed by atoms with Crippen LogP contribution < -0.4 is 0 Å². The second-order valence-electron chi connectivity index (χ2n) is 5.85. The highest BCUT2D eigenvalue weighted by molar-refractivity contribution is 6.30. The summed E-state index contributed by atoms with van der Waals surface area (Å²) in [5, 5.41) is 12.0. The first-order valence-corrected chi connectivity index (χ1v) is 8.48. The Morgan fingerprint density at radius 3 is 2.04 bits per heavy atom. The highest BCUT2D eigenvalue weighted by Crippen LogP contribution is 2.43. The molecule has 0 saturated carbocycles. The summed E-state index contributed by atoms with van der Waals surface area (Å²) in [6, 6.07) is 4.90. The summed E-state index contributed by atoms with van der Waals surface area (Å²) in [4.78, 5) is 24.8. The first-order valence-electron chi connectivity index (χ1n) is 8.48. The summed E-state index contributed by atoms with van der Waals surface area (Å²) in [7, 11) is 0.